The van der Waals surface area contributed by atoms with Gasteiger partial charge in [-0.15, -0.1) is 0 Å². The number of nitrogen functional groups attached to an aromatic ring is 1. The molecule has 16 heavy (non-hydrogen) atoms. The van der Waals surface area contributed by atoms with Crippen LogP contribution in [0.1, 0.15) is 18.9 Å². The lowest BCUT2D eigenvalue weighted by molar-refractivity contribution is -0.114. The van der Waals surface area contributed by atoms with E-state index >= 15 is 0 Å². The Balaban J connectivity index is 2.40. The second-order valence-electron chi connectivity index (χ2n) is 3.94. The summed E-state index contributed by atoms with van der Waals surface area (Å²) in [5, 5.41) is 0. The van der Waals surface area contributed by atoms with Crippen molar-refractivity contribution in [2.24, 2.45) is 0 Å². The van der Waals surface area contributed by atoms with Crippen LogP contribution in [-0.2, 0) is 11.2 Å². The van der Waals surface area contributed by atoms with Crippen LogP contribution < -0.4 is 10.6 Å². The van der Waals surface area contributed by atoms with Crippen LogP contribution in [0.15, 0.2) is 30.4 Å². The lowest BCUT2D eigenvalue weighted by atomic mass is 10.00. The normalized spacial score (nSPS) is 15.2. The van der Waals surface area contributed by atoms with Crippen molar-refractivity contribution < 1.29 is 4.79 Å². The summed E-state index contributed by atoms with van der Waals surface area (Å²) < 4.78 is 0. The van der Waals surface area contributed by atoms with Gasteiger partial charge in [-0.1, -0.05) is 12.1 Å². The predicted octanol–water partition coefficient (Wildman–Crippen LogP) is 2.12. The first-order valence-corrected chi connectivity index (χ1v) is 5.55. The highest BCUT2D eigenvalue weighted by atomic mass is 16.2. The van der Waals surface area contributed by atoms with Crippen molar-refractivity contribution in [1.29, 1.82) is 0 Å². The number of carbonyl (C=O) groups is 1. The van der Waals surface area contributed by atoms with Gasteiger partial charge in [-0.05, 0) is 43.5 Å². The maximum atomic E-state index is 11.9. The third-order valence-electron chi connectivity index (χ3n) is 2.86. The van der Waals surface area contributed by atoms with Crippen molar-refractivity contribution in [2.45, 2.75) is 19.8 Å². The van der Waals surface area contributed by atoms with E-state index in [9.17, 15) is 4.79 Å². The zero-order chi connectivity index (χ0) is 11.5. The van der Waals surface area contributed by atoms with E-state index in [0.29, 0.717) is 0 Å². The minimum Gasteiger partial charge on any atom is -0.398 e. The zero-order valence-electron chi connectivity index (χ0n) is 9.44. The molecule has 0 atom stereocenters. The standard InChI is InChI=1S/C13H16N2O/c1-2-5-13(16)15-9-4-6-10-11(14)7-3-8-12(10)15/h2-3,5,7-8H,4,6,9,14H2,1H3/b5-2+. The van der Waals surface area contributed by atoms with Gasteiger partial charge in [-0.25, -0.2) is 0 Å². The van der Waals surface area contributed by atoms with Crippen molar-refractivity contribution >= 4 is 17.3 Å². The smallest absolute Gasteiger partial charge is 0.250 e. The Kier molecular flexibility index (Phi) is 2.95. The number of benzene rings is 1. The lowest BCUT2D eigenvalue weighted by Gasteiger charge is -2.29. The van der Waals surface area contributed by atoms with Crippen LogP contribution in [0.5, 0.6) is 0 Å². The summed E-state index contributed by atoms with van der Waals surface area (Å²) in [6, 6.07) is 5.75. The molecule has 1 heterocycles. The molecule has 3 heteroatoms. The Labute approximate surface area is 95.6 Å². The maximum absolute atomic E-state index is 11.9. The molecular formula is C13H16N2O. The van der Waals surface area contributed by atoms with Crippen LogP contribution >= 0.6 is 0 Å². The molecule has 1 aromatic rings. The van der Waals surface area contributed by atoms with Gasteiger partial charge in [-0.2, -0.15) is 0 Å². The zero-order valence-corrected chi connectivity index (χ0v) is 9.44. The van der Waals surface area contributed by atoms with Gasteiger partial charge in [0.05, 0.1) is 0 Å². The number of nitrogens with two attached hydrogens (primary N) is 1. The van der Waals surface area contributed by atoms with E-state index in [2.05, 4.69) is 0 Å². The Hall–Kier alpha value is -1.77. The van der Waals surface area contributed by atoms with E-state index in [0.717, 1.165) is 36.3 Å². The van der Waals surface area contributed by atoms with Crippen LogP contribution in [0.4, 0.5) is 11.4 Å². The van der Waals surface area contributed by atoms with Gasteiger partial charge < -0.3 is 10.6 Å². The third-order valence-corrected chi connectivity index (χ3v) is 2.86. The van der Waals surface area contributed by atoms with E-state index in [4.69, 9.17) is 5.73 Å². The molecule has 0 fully saturated rings. The first kappa shape index (κ1) is 10.7. The SMILES string of the molecule is C/C=C/C(=O)N1CCCc2c(N)cccc21. The van der Waals surface area contributed by atoms with Crippen LogP contribution in [0.3, 0.4) is 0 Å². The first-order chi connectivity index (χ1) is 7.74. The summed E-state index contributed by atoms with van der Waals surface area (Å²) in [5.41, 5.74) is 8.78. The topological polar surface area (TPSA) is 46.3 Å². The largest absolute Gasteiger partial charge is 0.398 e. The molecule has 2 rings (SSSR count). The molecule has 3 nitrogen and oxygen atoms in total. The number of allylic oxidation sites excluding steroid dienone is 1. The Morgan fingerprint density at radius 1 is 1.50 bits per heavy atom. The van der Waals surface area contributed by atoms with Gasteiger partial charge in [0.2, 0.25) is 0 Å². The van der Waals surface area contributed by atoms with Gasteiger partial charge in [-0.3, -0.25) is 4.79 Å². The fourth-order valence-corrected chi connectivity index (χ4v) is 2.11. The quantitative estimate of drug-likeness (QED) is 0.577. The highest BCUT2D eigenvalue weighted by molar-refractivity contribution is 6.02. The minimum absolute atomic E-state index is 0.0362. The molecule has 0 bridgehead atoms. The molecule has 1 aliphatic rings. The van der Waals surface area contributed by atoms with E-state index in [-0.39, 0.29) is 5.91 Å². The van der Waals surface area contributed by atoms with E-state index in [1.165, 1.54) is 0 Å². The number of anilines is 2. The van der Waals surface area contributed by atoms with Crippen LogP contribution in [0.2, 0.25) is 0 Å². The fourth-order valence-electron chi connectivity index (χ4n) is 2.11. The maximum Gasteiger partial charge on any atom is 0.250 e. The second-order valence-corrected chi connectivity index (χ2v) is 3.94. The summed E-state index contributed by atoms with van der Waals surface area (Å²) in [7, 11) is 0. The first-order valence-electron chi connectivity index (χ1n) is 5.55. The number of nitrogens with zero attached hydrogens (tertiary/aromatic N) is 1. The van der Waals surface area contributed by atoms with Crippen molar-refractivity contribution in [3.63, 3.8) is 0 Å². The van der Waals surface area contributed by atoms with Gasteiger partial charge in [0.25, 0.3) is 5.91 Å². The molecule has 1 amide bonds. The van der Waals surface area contributed by atoms with Crippen molar-refractivity contribution in [1.82, 2.24) is 0 Å². The molecule has 0 saturated carbocycles. The summed E-state index contributed by atoms with van der Waals surface area (Å²) in [6.07, 6.45) is 5.30. The fraction of sp³-hybridized carbons (Fsp3) is 0.308. The highest BCUT2D eigenvalue weighted by Gasteiger charge is 2.21. The van der Waals surface area contributed by atoms with Crippen molar-refractivity contribution in [3.8, 4) is 0 Å². The average Bonchev–Trinajstić information content (AvgIpc) is 2.29. The molecule has 1 aromatic carbocycles. The molecule has 0 aromatic heterocycles. The van der Waals surface area contributed by atoms with Crippen molar-refractivity contribution in [2.75, 3.05) is 17.2 Å². The summed E-state index contributed by atoms with van der Waals surface area (Å²) in [6.45, 7) is 2.63. The molecule has 0 saturated heterocycles. The molecular weight excluding hydrogens is 200 g/mol. The molecule has 0 aliphatic carbocycles. The molecule has 84 valence electrons. The Morgan fingerprint density at radius 3 is 3.06 bits per heavy atom. The van der Waals surface area contributed by atoms with Crippen molar-refractivity contribution in [3.05, 3.63) is 35.9 Å². The van der Waals surface area contributed by atoms with Crippen LogP contribution in [-0.4, -0.2) is 12.5 Å². The number of carbonyl (C=O) groups excluding carboxylic acids is 1. The second kappa shape index (κ2) is 4.39. The third kappa shape index (κ3) is 1.81. The molecule has 1 aliphatic heterocycles. The van der Waals surface area contributed by atoms with E-state index in [1.54, 1.807) is 17.1 Å². The Bertz CT molecular complexity index is 438. The monoisotopic (exact) mass is 216 g/mol. The van der Waals surface area contributed by atoms with Gasteiger partial charge in [0.15, 0.2) is 0 Å². The number of hydrogen-bond donors (Lipinski definition) is 1. The minimum atomic E-state index is 0.0362. The number of fused-ring (bicyclic) bond motifs is 1. The van der Waals surface area contributed by atoms with Crippen LogP contribution in [0.25, 0.3) is 0 Å². The number of rotatable bonds is 1. The van der Waals surface area contributed by atoms with Gasteiger partial charge in [0, 0.05) is 17.9 Å². The number of amides is 1. The van der Waals surface area contributed by atoms with E-state index in [1.807, 2.05) is 25.1 Å². The summed E-state index contributed by atoms with van der Waals surface area (Å²) in [5.74, 6) is 0.0362. The number of hydrogen-bond acceptors (Lipinski definition) is 2. The molecule has 0 spiro atoms. The molecule has 0 radical (unpaired) electrons. The highest BCUT2D eigenvalue weighted by Crippen LogP contribution is 2.31. The lowest BCUT2D eigenvalue weighted by Crippen LogP contribution is -2.34. The van der Waals surface area contributed by atoms with Gasteiger partial charge in [0.1, 0.15) is 0 Å². The average molecular weight is 216 g/mol. The predicted molar refractivity (Wildman–Crippen MR) is 66.3 cm³/mol. The molecule has 0 unspecified atom stereocenters. The molecule has 2 N–H and O–H groups in total. The Morgan fingerprint density at radius 2 is 2.31 bits per heavy atom. The van der Waals surface area contributed by atoms with Gasteiger partial charge >= 0.3 is 0 Å². The summed E-state index contributed by atoms with van der Waals surface area (Å²) >= 11 is 0. The van der Waals surface area contributed by atoms with E-state index < -0.39 is 0 Å². The summed E-state index contributed by atoms with van der Waals surface area (Å²) in [4.78, 5) is 13.7. The van der Waals surface area contributed by atoms with Crippen LogP contribution in [0, 0.1) is 0 Å².